The minimum absolute atomic E-state index is 0.745. The van der Waals surface area contributed by atoms with Gasteiger partial charge >= 0.3 is 0 Å². The summed E-state index contributed by atoms with van der Waals surface area (Å²) in [5.74, 6) is 0.874. The summed E-state index contributed by atoms with van der Waals surface area (Å²) in [4.78, 5) is 0. The molecular formula is C10H23N. The van der Waals surface area contributed by atoms with Gasteiger partial charge < -0.3 is 5.32 Å². The normalized spacial score (nSPS) is 16.4. The maximum Gasteiger partial charge on any atom is 0.00664 e. The molecule has 1 heteroatoms. The number of nitrogens with one attached hydrogen (secondary N) is 1. The second-order valence-electron chi connectivity index (χ2n) is 3.52. The van der Waals surface area contributed by atoms with Crippen molar-refractivity contribution in [2.24, 2.45) is 5.92 Å². The van der Waals surface area contributed by atoms with Crippen molar-refractivity contribution in [2.45, 2.75) is 52.5 Å². The van der Waals surface area contributed by atoms with E-state index in [1.807, 2.05) is 0 Å². The van der Waals surface area contributed by atoms with Crippen LogP contribution < -0.4 is 5.32 Å². The van der Waals surface area contributed by atoms with Gasteiger partial charge in [0.25, 0.3) is 0 Å². The third kappa shape index (κ3) is 5.25. The van der Waals surface area contributed by atoms with Gasteiger partial charge in [-0.15, -0.1) is 0 Å². The molecule has 2 atom stereocenters. The van der Waals surface area contributed by atoms with Crippen LogP contribution >= 0.6 is 0 Å². The van der Waals surface area contributed by atoms with Crippen LogP contribution in [0.4, 0.5) is 0 Å². The van der Waals surface area contributed by atoms with Gasteiger partial charge in [-0.05, 0) is 25.8 Å². The summed E-state index contributed by atoms with van der Waals surface area (Å²) >= 11 is 0. The minimum Gasteiger partial charge on any atom is -0.317 e. The standard InChI is InChI=1S/C10H23N/c1-5-7-10(11-4)8-9(3)6-2/h9-11H,5-8H2,1-4H3. The van der Waals surface area contributed by atoms with Crippen LogP contribution in [0.2, 0.25) is 0 Å². The molecule has 0 heterocycles. The zero-order valence-electron chi connectivity index (χ0n) is 8.48. The molecule has 0 aliphatic rings. The summed E-state index contributed by atoms with van der Waals surface area (Å²) in [6.07, 6.45) is 5.26. The highest BCUT2D eigenvalue weighted by atomic mass is 14.9. The van der Waals surface area contributed by atoms with Crippen molar-refractivity contribution < 1.29 is 0 Å². The minimum atomic E-state index is 0.745. The van der Waals surface area contributed by atoms with E-state index >= 15 is 0 Å². The van der Waals surface area contributed by atoms with Gasteiger partial charge in [0.1, 0.15) is 0 Å². The average molecular weight is 157 g/mol. The highest BCUT2D eigenvalue weighted by Gasteiger charge is 2.08. The van der Waals surface area contributed by atoms with Crippen molar-refractivity contribution in [1.29, 1.82) is 0 Å². The fourth-order valence-electron chi connectivity index (χ4n) is 1.38. The molecule has 0 aromatic carbocycles. The van der Waals surface area contributed by atoms with Gasteiger partial charge in [-0.1, -0.05) is 33.6 Å². The number of hydrogen-bond donors (Lipinski definition) is 1. The number of hydrogen-bond acceptors (Lipinski definition) is 1. The van der Waals surface area contributed by atoms with Crippen molar-refractivity contribution in [1.82, 2.24) is 5.32 Å². The van der Waals surface area contributed by atoms with Crippen molar-refractivity contribution in [3.8, 4) is 0 Å². The fraction of sp³-hybridized carbons (Fsp3) is 1.00. The quantitative estimate of drug-likeness (QED) is 0.625. The van der Waals surface area contributed by atoms with E-state index in [1.54, 1.807) is 0 Å². The molecule has 0 amide bonds. The molecule has 0 fully saturated rings. The molecule has 0 aliphatic carbocycles. The van der Waals surface area contributed by atoms with E-state index in [0.717, 1.165) is 12.0 Å². The van der Waals surface area contributed by atoms with E-state index in [9.17, 15) is 0 Å². The molecule has 0 radical (unpaired) electrons. The molecular weight excluding hydrogens is 134 g/mol. The van der Waals surface area contributed by atoms with E-state index in [4.69, 9.17) is 0 Å². The van der Waals surface area contributed by atoms with Crippen LogP contribution in [0.5, 0.6) is 0 Å². The highest BCUT2D eigenvalue weighted by molar-refractivity contribution is 4.66. The zero-order valence-corrected chi connectivity index (χ0v) is 8.48. The Kier molecular flexibility index (Phi) is 6.63. The maximum atomic E-state index is 3.37. The van der Waals surface area contributed by atoms with Gasteiger partial charge in [-0.3, -0.25) is 0 Å². The second-order valence-corrected chi connectivity index (χ2v) is 3.52. The zero-order chi connectivity index (χ0) is 8.69. The van der Waals surface area contributed by atoms with Gasteiger partial charge in [-0.25, -0.2) is 0 Å². The van der Waals surface area contributed by atoms with E-state index in [1.165, 1.54) is 25.7 Å². The number of rotatable bonds is 6. The van der Waals surface area contributed by atoms with Crippen molar-refractivity contribution >= 4 is 0 Å². The van der Waals surface area contributed by atoms with Crippen molar-refractivity contribution in [3.05, 3.63) is 0 Å². The fourth-order valence-corrected chi connectivity index (χ4v) is 1.38. The summed E-state index contributed by atoms with van der Waals surface area (Å²) in [5.41, 5.74) is 0. The Morgan fingerprint density at radius 1 is 1.27 bits per heavy atom. The molecule has 0 aromatic heterocycles. The van der Waals surface area contributed by atoms with Gasteiger partial charge in [-0.2, -0.15) is 0 Å². The lowest BCUT2D eigenvalue weighted by Gasteiger charge is -2.18. The summed E-state index contributed by atoms with van der Waals surface area (Å²) in [6, 6.07) is 0.745. The first kappa shape index (κ1) is 11.0. The first-order valence-electron chi connectivity index (χ1n) is 4.91. The topological polar surface area (TPSA) is 12.0 Å². The summed E-state index contributed by atoms with van der Waals surface area (Å²) in [5, 5.41) is 3.37. The lowest BCUT2D eigenvalue weighted by Crippen LogP contribution is -2.26. The van der Waals surface area contributed by atoms with Gasteiger partial charge in [0.2, 0.25) is 0 Å². The molecule has 0 rings (SSSR count). The van der Waals surface area contributed by atoms with E-state index < -0.39 is 0 Å². The van der Waals surface area contributed by atoms with Gasteiger partial charge in [0.05, 0.1) is 0 Å². The molecule has 11 heavy (non-hydrogen) atoms. The Bertz CT molecular complexity index is 80.9. The molecule has 0 saturated heterocycles. The van der Waals surface area contributed by atoms with Crippen LogP contribution in [-0.4, -0.2) is 13.1 Å². The average Bonchev–Trinajstić information content (AvgIpc) is 2.03. The maximum absolute atomic E-state index is 3.37. The summed E-state index contributed by atoms with van der Waals surface area (Å²) < 4.78 is 0. The molecule has 0 saturated carbocycles. The lowest BCUT2D eigenvalue weighted by molar-refractivity contribution is 0.393. The highest BCUT2D eigenvalue weighted by Crippen LogP contribution is 2.12. The molecule has 0 aromatic rings. The van der Waals surface area contributed by atoms with Crippen LogP contribution in [0, 0.1) is 5.92 Å². The van der Waals surface area contributed by atoms with Crippen LogP contribution in [0.3, 0.4) is 0 Å². The first-order valence-corrected chi connectivity index (χ1v) is 4.91. The lowest BCUT2D eigenvalue weighted by atomic mass is 9.97. The van der Waals surface area contributed by atoms with E-state index in [2.05, 4.69) is 33.1 Å². The molecule has 1 nitrogen and oxygen atoms in total. The molecule has 2 unspecified atom stereocenters. The van der Waals surface area contributed by atoms with Crippen molar-refractivity contribution in [3.63, 3.8) is 0 Å². The van der Waals surface area contributed by atoms with Crippen molar-refractivity contribution in [2.75, 3.05) is 7.05 Å². The van der Waals surface area contributed by atoms with Gasteiger partial charge in [0.15, 0.2) is 0 Å². The van der Waals surface area contributed by atoms with Crippen LogP contribution in [0.15, 0.2) is 0 Å². The first-order chi connectivity index (χ1) is 5.24. The third-order valence-electron chi connectivity index (χ3n) is 2.43. The molecule has 0 spiro atoms. The Hall–Kier alpha value is -0.0400. The molecule has 68 valence electrons. The Morgan fingerprint density at radius 2 is 1.91 bits per heavy atom. The summed E-state index contributed by atoms with van der Waals surface area (Å²) in [6.45, 7) is 6.85. The molecule has 0 aliphatic heterocycles. The molecule has 1 N–H and O–H groups in total. The molecule has 0 bridgehead atoms. The largest absolute Gasteiger partial charge is 0.317 e. The monoisotopic (exact) mass is 157 g/mol. The Morgan fingerprint density at radius 3 is 2.27 bits per heavy atom. The Balaban J connectivity index is 3.49. The third-order valence-corrected chi connectivity index (χ3v) is 2.43. The second kappa shape index (κ2) is 6.66. The smallest absolute Gasteiger partial charge is 0.00664 e. The van der Waals surface area contributed by atoms with E-state index in [0.29, 0.717) is 0 Å². The summed E-state index contributed by atoms with van der Waals surface area (Å²) in [7, 11) is 2.07. The van der Waals surface area contributed by atoms with Crippen LogP contribution in [0.1, 0.15) is 46.5 Å². The SMILES string of the molecule is CCCC(CC(C)CC)NC. The predicted molar refractivity (Wildman–Crippen MR) is 51.8 cm³/mol. The van der Waals surface area contributed by atoms with E-state index in [-0.39, 0.29) is 0 Å². The van der Waals surface area contributed by atoms with Gasteiger partial charge in [0, 0.05) is 6.04 Å². The van der Waals surface area contributed by atoms with Crippen LogP contribution in [-0.2, 0) is 0 Å². The Labute approximate surface area is 71.6 Å². The predicted octanol–water partition coefficient (Wildman–Crippen LogP) is 2.81. The van der Waals surface area contributed by atoms with Crippen LogP contribution in [0.25, 0.3) is 0 Å².